The van der Waals surface area contributed by atoms with Crippen molar-refractivity contribution in [2.24, 2.45) is 0 Å². The molecular weight excluding hydrogens is 270 g/mol. The van der Waals surface area contributed by atoms with Crippen LogP contribution in [0.3, 0.4) is 0 Å². The van der Waals surface area contributed by atoms with Gasteiger partial charge >= 0.3 is 0 Å². The predicted octanol–water partition coefficient (Wildman–Crippen LogP) is 4.53. The molecule has 3 aromatic carbocycles. The molecule has 0 aliphatic heterocycles. The molecule has 0 bridgehead atoms. The number of rotatable bonds is 4. The Balaban J connectivity index is 1.66. The summed E-state index contributed by atoms with van der Waals surface area (Å²) < 4.78 is 0. The maximum absolute atomic E-state index is 12.1. The first-order valence-electron chi connectivity index (χ1n) is 7.30. The Morgan fingerprint density at radius 1 is 0.682 bits per heavy atom. The van der Waals surface area contributed by atoms with Crippen LogP contribution < -0.4 is 5.32 Å². The molecule has 0 aliphatic carbocycles. The molecule has 0 atom stereocenters. The smallest absolute Gasteiger partial charge is 0.255 e. The topological polar surface area (TPSA) is 29.1 Å². The average Bonchev–Trinajstić information content (AvgIpc) is 2.58. The third kappa shape index (κ3) is 3.61. The Morgan fingerprint density at radius 2 is 1.23 bits per heavy atom. The van der Waals surface area contributed by atoms with Crippen molar-refractivity contribution < 1.29 is 4.79 Å². The number of carbonyl (C=O) groups is 1. The Labute approximate surface area is 130 Å². The highest BCUT2D eigenvalue weighted by atomic mass is 16.1. The summed E-state index contributed by atoms with van der Waals surface area (Å²) >= 11 is 0. The van der Waals surface area contributed by atoms with Gasteiger partial charge in [-0.3, -0.25) is 4.79 Å². The minimum absolute atomic E-state index is 0.0867. The van der Waals surface area contributed by atoms with Crippen molar-refractivity contribution in [2.75, 3.05) is 5.32 Å². The highest BCUT2D eigenvalue weighted by molar-refractivity contribution is 6.04. The van der Waals surface area contributed by atoms with Crippen LogP contribution in [0, 0.1) is 0 Å². The van der Waals surface area contributed by atoms with Gasteiger partial charge in [0.1, 0.15) is 0 Å². The molecule has 0 aliphatic rings. The van der Waals surface area contributed by atoms with E-state index in [2.05, 4.69) is 17.4 Å². The highest BCUT2D eigenvalue weighted by Gasteiger charge is 2.04. The van der Waals surface area contributed by atoms with Gasteiger partial charge in [-0.1, -0.05) is 60.7 Å². The molecule has 0 saturated carbocycles. The standard InChI is InChI=1S/C20H17NO/c22-20(18-9-5-2-6-10-18)21-19-13-11-17(12-14-19)15-16-7-3-1-4-8-16/h1-14H,15H2,(H,21,22). The fourth-order valence-corrected chi connectivity index (χ4v) is 2.33. The Bertz CT molecular complexity index is 734. The van der Waals surface area contributed by atoms with E-state index in [1.807, 2.05) is 60.7 Å². The maximum Gasteiger partial charge on any atom is 0.255 e. The molecule has 0 saturated heterocycles. The van der Waals surface area contributed by atoms with E-state index in [0.717, 1.165) is 12.1 Å². The summed E-state index contributed by atoms with van der Waals surface area (Å²) in [5.74, 6) is -0.0867. The van der Waals surface area contributed by atoms with Gasteiger partial charge in [-0.2, -0.15) is 0 Å². The fourth-order valence-electron chi connectivity index (χ4n) is 2.33. The SMILES string of the molecule is O=C(Nc1ccc(Cc2ccccc2)cc1)c1ccccc1. The zero-order valence-electron chi connectivity index (χ0n) is 12.2. The summed E-state index contributed by atoms with van der Waals surface area (Å²) in [7, 11) is 0. The van der Waals surface area contributed by atoms with Gasteiger partial charge in [-0.15, -0.1) is 0 Å². The number of hydrogen-bond acceptors (Lipinski definition) is 1. The molecule has 0 unspecified atom stereocenters. The maximum atomic E-state index is 12.1. The zero-order valence-corrected chi connectivity index (χ0v) is 12.2. The molecule has 108 valence electrons. The molecule has 3 aromatic rings. The van der Waals surface area contributed by atoms with E-state index in [0.29, 0.717) is 5.56 Å². The molecule has 1 amide bonds. The third-order valence-corrected chi connectivity index (χ3v) is 3.50. The van der Waals surface area contributed by atoms with E-state index in [9.17, 15) is 4.79 Å². The normalized spacial score (nSPS) is 10.2. The minimum atomic E-state index is -0.0867. The van der Waals surface area contributed by atoms with Crippen molar-refractivity contribution in [3.8, 4) is 0 Å². The van der Waals surface area contributed by atoms with Crippen LogP contribution in [0.4, 0.5) is 5.69 Å². The largest absolute Gasteiger partial charge is 0.322 e. The number of amides is 1. The van der Waals surface area contributed by atoms with Crippen LogP contribution in [0.2, 0.25) is 0 Å². The Kier molecular flexibility index (Phi) is 4.30. The van der Waals surface area contributed by atoms with Crippen LogP contribution in [0.5, 0.6) is 0 Å². The van der Waals surface area contributed by atoms with Crippen LogP contribution in [0.25, 0.3) is 0 Å². The molecule has 2 heteroatoms. The van der Waals surface area contributed by atoms with Gasteiger partial charge in [0.15, 0.2) is 0 Å². The molecular formula is C20H17NO. The third-order valence-electron chi connectivity index (χ3n) is 3.50. The van der Waals surface area contributed by atoms with E-state index in [4.69, 9.17) is 0 Å². The first-order chi connectivity index (χ1) is 10.8. The van der Waals surface area contributed by atoms with Gasteiger partial charge in [-0.05, 0) is 41.8 Å². The monoisotopic (exact) mass is 287 g/mol. The molecule has 1 N–H and O–H groups in total. The van der Waals surface area contributed by atoms with Crippen LogP contribution in [-0.2, 0) is 6.42 Å². The van der Waals surface area contributed by atoms with Crippen molar-refractivity contribution in [3.63, 3.8) is 0 Å². The summed E-state index contributed by atoms with van der Waals surface area (Å²) in [5, 5.41) is 2.91. The molecule has 3 rings (SSSR count). The minimum Gasteiger partial charge on any atom is -0.322 e. The Morgan fingerprint density at radius 3 is 1.86 bits per heavy atom. The number of benzene rings is 3. The van der Waals surface area contributed by atoms with Crippen molar-refractivity contribution in [3.05, 3.63) is 102 Å². The molecule has 0 aromatic heterocycles. The number of carbonyl (C=O) groups excluding carboxylic acids is 1. The first kappa shape index (κ1) is 14.1. The number of hydrogen-bond donors (Lipinski definition) is 1. The van der Waals surface area contributed by atoms with Gasteiger partial charge < -0.3 is 5.32 Å². The fraction of sp³-hybridized carbons (Fsp3) is 0.0500. The van der Waals surface area contributed by atoms with Gasteiger partial charge in [0.25, 0.3) is 5.91 Å². The van der Waals surface area contributed by atoms with Gasteiger partial charge in [0, 0.05) is 11.3 Å². The second-order valence-corrected chi connectivity index (χ2v) is 5.18. The zero-order chi connectivity index (χ0) is 15.2. The second kappa shape index (κ2) is 6.72. The number of anilines is 1. The van der Waals surface area contributed by atoms with Crippen LogP contribution in [-0.4, -0.2) is 5.91 Å². The average molecular weight is 287 g/mol. The van der Waals surface area contributed by atoms with E-state index < -0.39 is 0 Å². The summed E-state index contributed by atoms with van der Waals surface area (Å²) in [5.41, 5.74) is 3.98. The molecule has 0 heterocycles. The summed E-state index contributed by atoms with van der Waals surface area (Å²) in [4.78, 5) is 12.1. The summed E-state index contributed by atoms with van der Waals surface area (Å²) in [6.45, 7) is 0. The van der Waals surface area contributed by atoms with Crippen molar-refractivity contribution in [1.29, 1.82) is 0 Å². The van der Waals surface area contributed by atoms with Crippen molar-refractivity contribution >= 4 is 11.6 Å². The predicted molar refractivity (Wildman–Crippen MR) is 90.1 cm³/mol. The molecule has 22 heavy (non-hydrogen) atoms. The lowest BCUT2D eigenvalue weighted by molar-refractivity contribution is 0.102. The highest BCUT2D eigenvalue weighted by Crippen LogP contribution is 2.14. The molecule has 0 radical (unpaired) electrons. The summed E-state index contributed by atoms with van der Waals surface area (Å²) in [6.07, 6.45) is 0.897. The van der Waals surface area contributed by atoms with Gasteiger partial charge in [0.2, 0.25) is 0 Å². The van der Waals surface area contributed by atoms with Crippen LogP contribution in [0.1, 0.15) is 21.5 Å². The van der Waals surface area contributed by atoms with Gasteiger partial charge in [0.05, 0.1) is 0 Å². The van der Waals surface area contributed by atoms with Crippen molar-refractivity contribution in [1.82, 2.24) is 0 Å². The van der Waals surface area contributed by atoms with E-state index in [1.165, 1.54) is 11.1 Å². The second-order valence-electron chi connectivity index (χ2n) is 5.18. The van der Waals surface area contributed by atoms with Crippen LogP contribution in [0.15, 0.2) is 84.9 Å². The molecule has 2 nitrogen and oxygen atoms in total. The lowest BCUT2D eigenvalue weighted by Gasteiger charge is -2.07. The molecule has 0 spiro atoms. The summed E-state index contributed by atoms with van der Waals surface area (Å²) in [6, 6.07) is 27.6. The van der Waals surface area contributed by atoms with E-state index >= 15 is 0 Å². The van der Waals surface area contributed by atoms with E-state index in [-0.39, 0.29) is 5.91 Å². The number of nitrogens with one attached hydrogen (secondary N) is 1. The first-order valence-corrected chi connectivity index (χ1v) is 7.30. The van der Waals surface area contributed by atoms with Crippen LogP contribution >= 0.6 is 0 Å². The quantitative estimate of drug-likeness (QED) is 0.750. The van der Waals surface area contributed by atoms with Crippen molar-refractivity contribution in [2.45, 2.75) is 6.42 Å². The van der Waals surface area contributed by atoms with Gasteiger partial charge in [-0.25, -0.2) is 0 Å². The Hall–Kier alpha value is -2.87. The lowest BCUT2D eigenvalue weighted by atomic mass is 10.0. The molecule has 0 fully saturated rings. The lowest BCUT2D eigenvalue weighted by Crippen LogP contribution is -2.11. The van der Waals surface area contributed by atoms with E-state index in [1.54, 1.807) is 12.1 Å².